The Hall–Kier alpha value is -1.53. The summed E-state index contributed by atoms with van der Waals surface area (Å²) < 4.78 is 5.66. The summed E-state index contributed by atoms with van der Waals surface area (Å²) in [6.45, 7) is 4.79. The molecule has 2 rings (SSSR count). The van der Waals surface area contributed by atoms with Crippen LogP contribution in [0.3, 0.4) is 0 Å². The molecule has 2 N–H and O–H groups in total. The highest BCUT2D eigenvalue weighted by Crippen LogP contribution is 2.28. The molecule has 0 saturated carbocycles. The van der Waals surface area contributed by atoms with E-state index in [-0.39, 0.29) is 11.5 Å². The van der Waals surface area contributed by atoms with Crippen molar-refractivity contribution in [3.8, 4) is 0 Å². The van der Waals surface area contributed by atoms with Gasteiger partial charge in [0, 0.05) is 18.0 Å². The standard InChI is InChI=1S/C16H21NO4S/c1-11(15(19)20)22-13-7-4-3-6-12(13)14(18)17-10-16(2)8-5-9-21-16/h3-4,6-7,11H,5,8-10H2,1-2H3,(H,17,18)(H,19,20). The average molecular weight is 323 g/mol. The second-order valence-electron chi connectivity index (χ2n) is 5.68. The summed E-state index contributed by atoms with van der Waals surface area (Å²) in [4.78, 5) is 24.1. The van der Waals surface area contributed by atoms with Crippen LogP contribution in [-0.4, -0.2) is 41.0 Å². The summed E-state index contributed by atoms with van der Waals surface area (Å²) >= 11 is 1.17. The molecular formula is C16H21NO4S. The third-order valence-electron chi connectivity index (χ3n) is 3.71. The van der Waals surface area contributed by atoms with Crippen molar-refractivity contribution >= 4 is 23.6 Å². The van der Waals surface area contributed by atoms with Gasteiger partial charge in [-0.3, -0.25) is 9.59 Å². The lowest BCUT2D eigenvalue weighted by atomic mass is 10.0. The Kier molecular flexibility index (Phi) is 5.47. The first kappa shape index (κ1) is 16.8. The number of nitrogens with one attached hydrogen (secondary N) is 1. The van der Waals surface area contributed by atoms with Crippen LogP contribution in [0, 0.1) is 0 Å². The monoisotopic (exact) mass is 323 g/mol. The second-order valence-corrected chi connectivity index (χ2v) is 7.06. The molecule has 5 nitrogen and oxygen atoms in total. The molecule has 0 aromatic heterocycles. The fourth-order valence-corrected chi connectivity index (χ4v) is 3.26. The van der Waals surface area contributed by atoms with Gasteiger partial charge in [-0.25, -0.2) is 0 Å². The van der Waals surface area contributed by atoms with Gasteiger partial charge in [-0.15, -0.1) is 11.8 Å². The van der Waals surface area contributed by atoms with Crippen molar-refractivity contribution in [1.29, 1.82) is 0 Å². The van der Waals surface area contributed by atoms with Gasteiger partial charge in [0.25, 0.3) is 5.91 Å². The molecule has 0 radical (unpaired) electrons. The Labute approximate surface area is 134 Å². The third kappa shape index (κ3) is 4.24. The van der Waals surface area contributed by atoms with E-state index >= 15 is 0 Å². The molecule has 1 amide bonds. The van der Waals surface area contributed by atoms with Crippen molar-refractivity contribution in [1.82, 2.24) is 5.32 Å². The van der Waals surface area contributed by atoms with E-state index in [1.807, 2.05) is 6.92 Å². The van der Waals surface area contributed by atoms with Gasteiger partial charge < -0.3 is 15.2 Å². The van der Waals surface area contributed by atoms with Gasteiger partial charge in [-0.05, 0) is 38.8 Å². The van der Waals surface area contributed by atoms with Gasteiger partial charge in [-0.1, -0.05) is 12.1 Å². The van der Waals surface area contributed by atoms with Crippen LogP contribution >= 0.6 is 11.8 Å². The minimum atomic E-state index is -0.896. The minimum absolute atomic E-state index is 0.197. The number of benzene rings is 1. The minimum Gasteiger partial charge on any atom is -0.480 e. The number of amides is 1. The fourth-order valence-electron chi connectivity index (χ4n) is 2.34. The van der Waals surface area contributed by atoms with Gasteiger partial charge in [0.1, 0.15) is 5.25 Å². The van der Waals surface area contributed by atoms with Crippen LogP contribution in [0.5, 0.6) is 0 Å². The van der Waals surface area contributed by atoms with Crippen molar-refractivity contribution in [3.63, 3.8) is 0 Å². The van der Waals surface area contributed by atoms with Gasteiger partial charge in [0.15, 0.2) is 0 Å². The zero-order chi connectivity index (χ0) is 16.2. The van der Waals surface area contributed by atoms with E-state index in [1.54, 1.807) is 31.2 Å². The van der Waals surface area contributed by atoms with Crippen LogP contribution in [0.1, 0.15) is 37.0 Å². The summed E-state index contributed by atoms with van der Waals surface area (Å²) in [5, 5.41) is 11.3. The Bertz CT molecular complexity index is 555. The maximum absolute atomic E-state index is 12.4. The molecule has 1 fully saturated rings. The van der Waals surface area contributed by atoms with Gasteiger partial charge in [-0.2, -0.15) is 0 Å². The number of aliphatic carboxylic acids is 1. The van der Waals surface area contributed by atoms with Crippen molar-refractivity contribution in [2.45, 2.75) is 42.4 Å². The van der Waals surface area contributed by atoms with E-state index in [4.69, 9.17) is 9.84 Å². The van der Waals surface area contributed by atoms with Crippen molar-refractivity contribution in [2.75, 3.05) is 13.2 Å². The van der Waals surface area contributed by atoms with Crippen LogP contribution < -0.4 is 5.32 Å². The number of carbonyl (C=O) groups excluding carboxylic acids is 1. The van der Waals surface area contributed by atoms with E-state index in [9.17, 15) is 9.59 Å². The summed E-state index contributed by atoms with van der Waals surface area (Å²) in [5.41, 5.74) is 0.203. The number of carbonyl (C=O) groups is 2. The van der Waals surface area contributed by atoms with Gasteiger partial charge >= 0.3 is 5.97 Å². The number of rotatable bonds is 6. The molecular weight excluding hydrogens is 302 g/mol. The predicted molar refractivity (Wildman–Crippen MR) is 85.3 cm³/mol. The maximum atomic E-state index is 12.4. The topological polar surface area (TPSA) is 75.6 Å². The van der Waals surface area contributed by atoms with Crippen molar-refractivity contribution in [2.24, 2.45) is 0 Å². The summed E-state index contributed by atoms with van der Waals surface area (Å²) in [6.07, 6.45) is 1.94. The zero-order valence-corrected chi connectivity index (χ0v) is 13.6. The Balaban J connectivity index is 2.04. The van der Waals surface area contributed by atoms with E-state index in [0.717, 1.165) is 19.4 Å². The molecule has 2 unspecified atom stereocenters. The van der Waals surface area contributed by atoms with Gasteiger partial charge in [0.2, 0.25) is 0 Å². The summed E-state index contributed by atoms with van der Waals surface area (Å²) in [5.74, 6) is -1.09. The highest BCUT2D eigenvalue weighted by molar-refractivity contribution is 8.00. The smallest absolute Gasteiger partial charge is 0.316 e. The van der Waals surface area contributed by atoms with Crippen LogP contribution in [0.4, 0.5) is 0 Å². The lowest BCUT2D eigenvalue weighted by Crippen LogP contribution is -2.40. The molecule has 1 aliphatic heterocycles. The van der Waals surface area contributed by atoms with E-state index < -0.39 is 11.2 Å². The van der Waals surface area contributed by atoms with Crippen molar-refractivity contribution < 1.29 is 19.4 Å². The molecule has 1 aliphatic rings. The van der Waals surface area contributed by atoms with Gasteiger partial charge in [0.05, 0.1) is 11.2 Å². The molecule has 1 saturated heterocycles. The largest absolute Gasteiger partial charge is 0.480 e. The number of carboxylic acid groups (broad SMARTS) is 1. The maximum Gasteiger partial charge on any atom is 0.316 e. The van der Waals surface area contributed by atoms with Crippen LogP contribution in [0.15, 0.2) is 29.2 Å². The molecule has 120 valence electrons. The number of ether oxygens (including phenoxy) is 1. The number of thioether (sulfide) groups is 1. The second kappa shape index (κ2) is 7.15. The number of carboxylic acids is 1. The molecule has 1 heterocycles. The molecule has 1 aromatic rings. The molecule has 0 bridgehead atoms. The van der Waals surface area contributed by atoms with Crippen molar-refractivity contribution in [3.05, 3.63) is 29.8 Å². The van der Waals surface area contributed by atoms with E-state index in [1.165, 1.54) is 11.8 Å². The number of hydrogen-bond donors (Lipinski definition) is 2. The lowest BCUT2D eigenvalue weighted by Gasteiger charge is -2.23. The predicted octanol–water partition coefficient (Wildman–Crippen LogP) is 2.55. The molecule has 22 heavy (non-hydrogen) atoms. The Morgan fingerprint density at radius 1 is 1.45 bits per heavy atom. The average Bonchev–Trinajstić information content (AvgIpc) is 2.92. The Morgan fingerprint density at radius 3 is 2.82 bits per heavy atom. The Morgan fingerprint density at radius 2 is 2.18 bits per heavy atom. The quantitative estimate of drug-likeness (QED) is 0.787. The summed E-state index contributed by atoms with van der Waals surface area (Å²) in [7, 11) is 0. The first-order chi connectivity index (χ1) is 10.4. The third-order valence-corrected chi connectivity index (χ3v) is 4.87. The molecule has 0 aliphatic carbocycles. The molecule has 0 spiro atoms. The van der Waals surface area contributed by atoms with E-state index in [0.29, 0.717) is 17.0 Å². The van der Waals surface area contributed by atoms with Crippen LogP contribution in [0.25, 0.3) is 0 Å². The molecule has 2 atom stereocenters. The SMILES string of the molecule is CC(Sc1ccccc1C(=O)NCC1(C)CCCO1)C(=O)O. The fraction of sp³-hybridized carbons (Fsp3) is 0.500. The van der Waals surface area contributed by atoms with Crippen LogP contribution in [0.2, 0.25) is 0 Å². The zero-order valence-electron chi connectivity index (χ0n) is 12.8. The van der Waals surface area contributed by atoms with Crippen LogP contribution in [-0.2, 0) is 9.53 Å². The highest BCUT2D eigenvalue weighted by Gasteiger charge is 2.30. The molecule has 6 heteroatoms. The van der Waals surface area contributed by atoms with E-state index in [2.05, 4.69) is 5.32 Å². The first-order valence-corrected chi connectivity index (χ1v) is 8.20. The first-order valence-electron chi connectivity index (χ1n) is 7.32. The molecule has 1 aromatic carbocycles. The summed E-state index contributed by atoms with van der Waals surface area (Å²) in [6, 6.07) is 7.06. The lowest BCUT2D eigenvalue weighted by molar-refractivity contribution is -0.136. The normalized spacial score (nSPS) is 22.3. The highest BCUT2D eigenvalue weighted by atomic mass is 32.2. The number of hydrogen-bond acceptors (Lipinski definition) is 4.